The van der Waals surface area contributed by atoms with Crippen molar-refractivity contribution >= 4 is 92.2 Å². The molecule has 0 fully saturated rings. The van der Waals surface area contributed by atoms with Crippen molar-refractivity contribution in [2.24, 2.45) is 10.8 Å². The van der Waals surface area contributed by atoms with Crippen molar-refractivity contribution in [3.05, 3.63) is 188 Å². The molecule has 0 saturated carbocycles. The molecule has 0 amide bonds. The van der Waals surface area contributed by atoms with Crippen LogP contribution in [0.5, 0.6) is 0 Å². The van der Waals surface area contributed by atoms with E-state index in [4.69, 9.17) is 91.7 Å². The topological polar surface area (TPSA) is 512 Å². The Hall–Kier alpha value is -10.4. The Balaban J connectivity index is 0.000000381. The molecule has 0 atom stereocenters. The van der Waals surface area contributed by atoms with Gasteiger partial charge in [0, 0.05) is 4.91 Å². The number of aromatic amines is 3. The number of halogens is 2. The number of carbonyl (C=O) groups excluding carboxylic acids is 4. The van der Waals surface area contributed by atoms with E-state index in [1.54, 1.807) is 88.9 Å². The summed E-state index contributed by atoms with van der Waals surface area (Å²) in [6, 6.07) is 16.3. The number of aromatic nitrogens is 12. The molecule has 11 aromatic rings. The van der Waals surface area contributed by atoms with E-state index < -0.39 is 23.9 Å². The maximum absolute atomic E-state index is 11.5. The molecule has 8 N–H and O–H groups in total. The van der Waals surface area contributed by atoms with Crippen molar-refractivity contribution in [3.8, 4) is 0 Å². The van der Waals surface area contributed by atoms with Gasteiger partial charge in [-0.2, -0.15) is 0 Å². The van der Waals surface area contributed by atoms with Crippen LogP contribution in [0.4, 0.5) is 11.6 Å². The SMILES string of the molecule is C.C.CCOC(=O)c1ccc(CCl)o1.CCOC(=O)c1ccc(CN)o1.CCOC(=O)c1ccc(CN=[N+]=[N-])o1.CCOC(=O)c1ccc(CNc2ncnc3nc[nH]c23)o1.Clc1ncnc2nc[nH]c12.OCc1ccc(CNc2ncnc3nc[nH]c23)o1.[N-]=[N+]=[N-].[Na+]. The first-order chi connectivity index (χ1) is 43.8. The van der Waals surface area contributed by atoms with E-state index >= 15 is 0 Å². The summed E-state index contributed by atoms with van der Waals surface area (Å²) in [6.45, 7) is 9.37. The Morgan fingerprint density at radius 2 is 0.892 bits per heavy atom. The smallest absolute Gasteiger partial charge is 0.462 e. The van der Waals surface area contributed by atoms with Gasteiger partial charge < -0.3 is 88.5 Å². The monoisotopic (exact) mass is 1340 g/mol. The molecule has 11 aromatic heterocycles. The molecule has 0 bridgehead atoms. The number of carbonyl (C=O) groups is 4. The molecular formula is C55H64Cl2N21NaO14. The fourth-order valence-corrected chi connectivity index (χ4v) is 7.03. The molecule has 488 valence electrons. The van der Waals surface area contributed by atoms with Crippen LogP contribution in [-0.4, -0.2) is 115 Å². The number of nitrogens with one attached hydrogen (secondary N) is 5. The Morgan fingerprint density at radius 1 is 0.538 bits per heavy atom. The number of hydrogen-bond donors (Lipinski definition) is 7. The molecule has 0 aromatic carbocycles. The third-order valence-electron chi connectivity index (χ3n) is 10.5. The summed E-state index contributed by atoms with van der Waals surface area (Å²) in [4.78, 5) is 93.4. The van der Waals surface area contributed by atoms with Crippen LogP contribution in [0.15, 0.2) is 126 Å². The quantitative estimate of drug-likeness (QED) is 0.00584. The van der Waals surface area contributed by atoms with E-state index in [1.807, 2.05) is 6.07 Å². The number of esters is 4. The number of alkyl halides is 1. The predicted molar refractivity (Wildman–Crippen MR) is 332 cm³/mol. The fourth-order valence-electron chi connectivity index (χ4n) is 6.70. The van der Waals surface area contributed by atoms with Crippen LogP contribution in [0.25, 0.3) is 59.9 Å². The number of H-pyrrole nitrogens is 3. The zero-order valence-electron chi connectivity index (χ0n) is 49.1. The average Bonchev–Trinajstić information content (AvgIpc) is 1.92. The zero-order chi connectivity index (χ0) is 65.0. The summed E-state index contributed by atoms with van der Waals surface area (Å²) in [6.07, 6.45) is 8.92. The predicted octanol–water partition coefficient (Wildman–Crippen LogP) is 8.31. The van der Waals surface area contributed by atoms with Crippen LogP contribution in [0.1, 0.15) is 119 Å². The number of nitrogens with zero attached hydrogens (tertiary/aromatic N) is 15. The minimum atomic E-state index is -0.514. The van der Waals surface area contributed by atoms with Crippen molar-refractivity contribution in [2.45, 2.75) is 81.2 Å². The minimum Gasteiger partial charge on any atom is -0.462 e. The Kier molecular flexibility index (Phi) is 36.7. The number of ether oxygens (including phenoxy) is 4. The second-order valence-corrected chi connectivity index (χ2v) is 17.0. The van der Waals surface area contributed by atoms with Crippen LogP contribution >= 0.6 is 23.2 Å². The number of imidazole rings is 3. The number of aliphatic hydroxyl groups is 1. The molecule has 0 radical (unpaired) electrons. The first kappa shape index (κ1) is 78.7. The number of aliphatic hydroxyl groups excluding tert-OH is 1. The minimum absolute atomic E-state index is 0. The van der Waals surface area contributed by atoms with Crippen LogP contribution in [0.2, 0.25) is 5.15 Å². The third-order valence-corrected chi connectivity index (χ3v) is 11.1. The molecule has 0 aliphatic carbocycles. The largest absolute Gasteiger partial charge is 1.00 e. The van der Waals surface area contributed by atoms with E-state index in [9.17, 15) is 19.2 Å². The van der Waals surface area contributed by atoms with E-state index in [1.165, 1.54) is 36.3 Å². The number of anilines is 2. The standard InChI is InChI=1S/C13H13N5O3.C11H11N5O2.C8H9ClO3.C8H9N3O3.C8H11NO3.C5H3ClN4.2CH4.N3.Na/c1-2-20-13(19)9-4-3-8(21-9)5-14-11-10-12(16-6-15-10)18-7-17-11;17-4-8-2-1-7(18-8)3-12-10-9-11(14-5-13-9)16-6-15-10;1-2-11-8(10)7-4-3-6(5-9)12-7;1-2-13-8(12)7-4-3-6(14-7)5-10-11-9;1-2-11-8(10)7-4-3-6(5-9)12-7;6-4-3-5(9-1-7-3)10-2-8-4;;;1-3-2;/h3-4,6-7H,2,5H2,1H3,(H2,14,15,16,17,18);1-2,5-6,17H,3-4H2,(H2,12,13,14,15,16);3-4H,2,5H2,1H3;3-4H,2,5H2,1H3;3-4H,2,5,9H2,1H3;1-2H,(H,7,8,9,10);2*1H4;;/q;;;;;;;;-1;+1. The molecular weight excluding hydrogens is 1270 g/mol. The fraction of sp³-hybridized carbons (Fsp3) is 0.291. The van der Waals surface area contributed by atoms with Crippen molar-refractivity contribution < 1.29 is 94.9 Å². The Bertz CT molecular complexity index is 4010. The molecule has 11 rings (SSSR count). The molecule has 0 spiro atoms. The number of azide groups is 1. The number of hydrogen-bond acceptors (Lipinski definition) is 27. The van der Waals surface area contributed by atoms with Crippen molar-refractivity contribution in [1.82, 2.24) is 59.8 Å². The van der Waals surface area contributed by atoms with E-state index in [-0.39, 0.29) is 86.5 Å². The molecule has 0 unspecified atom stereocenters. The van der Waals surface area contributed by atoms with Gasteiger partial charge in [-0.05, 0) is 93.9 Å². The normalized spacial score (nSPS) is 9.68. The van der Waals surface area contributed by atoms with Gasteiger partial charge in [-0.15, -0.1) is 11.6 Å². The first-order valence-corrected chi connectivity index (χ1v) is 27.2. The van der Waals surface area contributed by atoms with Crippen molar-refractivity contribution in [2.75, 3.05) is 37.1 Å². The summed E-state index contributed by atoms with van der Waals surface area (Å²) in [7, 11) is 0. The van der Waals surface area contributed by atoms with Crippen molar-refractivity contribution in [3.63, 3.8) is 0 Å². The van der Waals surface area contributed by atoms with Gasteiger partial charge in [0.25, 0.3) is 0 Å². The van der Waals surface area contributed by atoms with Gasteiger partial charge in [-0.25, -0.2) is 64.0 Å². The van der Waals surface area contributed by atoms with E-state index in [0.29, 0.717) is 114 Å². The van der Waals surface area contributed by atoms with Crippen LogP contribution in [0, 0.1) is 0 Å². The van der Waals surface area contributed by atoms with Gasteiger partial charge in [-0.1, -0.05) is 31.6 Å². The Morgan fingerprint density at radius 3 is 1.28 bits per heavy atom. The summed E-state index contributed by atoms with van der Waals surface area (Å²) in [5.41, 5.74) is 30.8. The molecule has 0 aliphatic heterocycles. The van der Waals surface area contributed by atoms with Gasteiger partial charge in [0.15, 0.2) is 33.7 Å². The van der Waals surface area contributed by atoms with Crippen LogP contribution < -0.4 is 45.9 Å². The zero-order valence-corrected chi connectivity index (χ0v) is 52.6. The molecule has 0 aliphatic rings. The molecule has 35 nitrogen and oxygen atoms in total. The van der Waals surface area contributed by atoms with Crippen molar-refractivity contribution in [1.29, 1.82) is 0 Å². The second kappa shape index (κ2) is 43.4. The maximum Gasteiger partial charge on any atom is 1.00 e. The van der Waals surface area contributed by atoms with Gasteiger partial charge in [-0.3, -0.25) is 4.91 Å². The maximum atomic E-state index is 11.5. The van der Waals surface area contributed by atoms with E-state index in [0.717, 1.165) is 16.8 Å². The molecule has 38 heteroatoms. The number of nitrogens with two attached hydrogens (primary N) is 1. The summed E-state index contributed by atoms with van der Waals surface area (Å²) >= 11 is 11.2. The first-order valence-electron chi connectivity index (χ1n) is 26.3. The van der Waals surface area contributed by atoms with Crippen LogP contribution in [-0.2, 0) is 57.6 Å². The third kappa shape index (κ3) is 25.5. The van der Waals surface area contributed by atoms with Gasteiger partial charge in [0.1, 0.15) is 76.7 Å². The number of rotatable bonds is 19. The Labute approximate surface area is 560 Å². The van der Waals surface area contributed by atoms with Gasteiger partial charge in [0.2, 0.25) is 23.0 Å². The molecule has 11 heterocycles. The average molecular weight is 1340 g/mol. The second-order valence-electron chi connectivity index (χ2n) is 16.4. The summed E-state index contributed by atoms with van der Waals surface area (Å²) in [5, 5.41) is 18.8. The number of fused-ring (bicyclic) bond motifs is 3. The molecule has 93 heavy (non-hydrogen) atoms. The number of furan rings is 5. The molecule has 0 saturated heterocycles. The van der Waals surface area contributed by atoms with E-state index in [2.05, 4.69) is 80.5 Å². The summed E-state index contributed by atoms with van der Waals surface area (Å²) < 4.78 is 44.9. The van der Waals surface area contributed by atoms with Crippen LogP contribution in [0.3, 0.4) is 0 Å². The van der Waals surface area contributed by atoms with Gasteiger partial charge in [0.05, 0.1) is 77.5 Å². The van der Waals surface area contributed by atoms with Gasteiger partial charge >= 0.3 is 53.4 Å². The summed E-state index contributed by atoms with van der Waals surface area (Å²) in [5.74, 6) is 3.83.